The van der Waals surface area contributed by atoms with Crippen LogP contribution < -0.4 is 10.6 Å². The normalized spacial score (nSPS) is 20.9. The molecule has 2 atom stereocenters. The number of unbranched alkanes of at least 4 members (excludes halogenated alkanes) is 1. The minimum Gasteiger partial charge on any atom is -0.447 e. The Hall–Kier alpha value is -1.63. The van der Waals surface area contributed by atoms with Crippen molar-refractivity contribution < 1.29 is 28.5 Å². The Morgan fingerprint density at radius 2 is 1.60 bits per heavy atom. The number of hydrogen-bond donors (Lipinski definition) is 2. The van der Waals surface area contributed by atoms with Crippen molar-refractivity contribution in [1.29, 1.82) is 0 Å². The highest BCUT2D eigenvalue weighted by Crippen LogP contribution is 2.45. The van der Waals surface area contributed by atoms with Gasteiger partial charge in [0.2, 0.25) is 0 Å². The quantitative estimate of drug-likeness (QED) is 0.229. The average Bonchev–Trinajstić information content (AvgIpc) is 2.77. The molecule has 0 spiro atoms. The molecule has 2 amide bonds. The summed E-state index contributed by atoms with van der Waals surface area (Å²) in [6.07, 6.45) is 6.41. The second kappa shape index (κ2) is 17.7. The van der Waals surface area contributed by atoms with E-state index in [-0.39, 0.29) is 30.1 Å². The van der Waals surface area contributed by atoms with Crippen LogP contribution in [0, 0.1) is 22.7 Å². The number of alkyl carbamates (subject to hydrolysis) is 2. The molecule has 1 rings (SSSR count). The minimum atomic E-state index is -0.448. The van der Waals surface area contributed by atoms with E-state index in [2.05, 4.69) is 49.5 Å². The fourth-order valence-electron chi connectivity index (χ4n) is 4.70. The molecule has 0 aliphatic heterocycles. The predicted molar refractivity (Wildman–Crippen MR) is 141 cm³/mol. The van der Waals surface area contributed by atoms with Crippen LogP contribution in [0.3, 0.4) is 0 Å². The van der Waals surface area contributed by atoms with Gasteiger partial charge in [0.15, 0.2) is 0 Å². The van der Waals surface area contributed by atoms with E-state index in [0.29, 0.717) is 33.0 Å². The highest BCUT2D eigenvalue weighted by Gasteiger charge is 2.42. The molecule has 0 aromatic carbocycles. The maximum atomic E-state index is 12.3. The lowest BCUT2D eigenvalue weighted by Gasteiger charge is -2.46. The van der Waals surface area contributed by atoms with Crippen LogP contribution in [0.2, 0.25) is 0 Å². The van der Waals surface area contributed by atoms with Crippen molar-refractivity contribution in [3.8, 4) is 11.8 Å². The van der Waals surface area contributed by atoms with Crippen molar-refractivity contribution >= 4 is 23.9 Å². The molecule has 0 aromatic rings. The van der Waals surface area contributed by atoms with Crippen molar-refractivity contribution in [1.82, 2.24) is 10.6 Å². The maximum absolute atomic E-state index is 12.3. The lowest BCUT2D eigenvalue weighted by Crippen LogP contribution is -2.50. The summed E-state index contributed by atoms with van der Waals surface area (Å²) in [5, 5.41) is 5.90. The van der Waals surface area contributed by atoms with Crippen molar-refractivity contribution in [3.05, 3.63) is 0 Å². The van der Waals surface area contributed by atoms with Crippen molar-refractivity contribution in [2.75, 3.05) is 58.2 Å². The number of nitrogens with one attached hydrogen (secondary N) is 2. The van der Waals surface area contributed by atoms with Gasteiger partial charge in [-0.25, -0.2) is 9.59 Å². The minimum absolute atomic E-state index is 0.0208. The van der Waals surface area contributed by atoms with Gasteiger partial charge >= 0.3 is 12.2 Å². The zero-order chi connectivity index (χ0) is 26.0. The molecule has 2 unspecified atom stereocenters. The van der Waals surface area contributed by atoms with E-state index in [1.165, 1.54) is 0 Å². The highest BCUT2D eigenvalue weighted by molar-refractivity contribution is 7.98. The first kappa shape index (κ1) is 31.4. The first-order chi connectivity index (χ1) is 16.7. The fourth-order valence-corrected chi connectivity index (χ4v) is 5.11. The average molecular weight is 515 g/mol. The molecule has 0 bridgehead atoms. The van der Waals surface area contributed by atoms with Crippen LogP contribution in [-0.2, 0) is 18.9 Å². The van der Waals surface area contributed by atoms with Gasteiger partial charge < -0.3 is 29.6 Å². The van der Waals surface area contributed by atoms with Crippen molar-refractivity contribution in [2.45, 2.75) is 72.3 Å². The SMILES string of the molecule is CC#CCCCOCCOC(=O)NCC1(C)CC(NC(=O)OCCOCCCSC)CC(C)(C)C1. The van der Waals surface area contributed by atoms with E-state index in [9.17, 15) is 9.59 Å². The van der Waals surface area contributed by atoms with Gasteiger partial charge in [0.25, 0.3) is 0 Å². The van der Waals surface area contributed by atoms with Crippen LogP contribution in [0.4, 0.5) is 9.59 Å². The fraction of sp³-hybridized carbons (Fsp3) is 0.846. The summed E-state index contributed by atoms with van der Waals surface area (Å²) < 4.78 is 21.4. The Kier molecular flexibility index (Phi) is 15.9. The molecule has 202 valence electrons. The third kappa shape index (κ3) is 15.9. The van der Waals surface area contributed by atoms with Gasteiger partial charge in [-0.2, -0.15) is 11.8 Å². The van der Waals surface area contributed by atoms with Crippen LogP contribution in [0.15, 0.2) is 0 Å². The zero-order valence-corrected chi connectivity index (χ0v) is 23.2. The molecule has 35 heavy (non-hydrogen) atoms. The monoisotopic (exact) mass is 514 g/mol. The van der Waals surface area contributed by atoms with Crippen LogP contribution in [0.25, 0.3) is 0 Å². The van der Waals surface area contributed by atoms with Crippen molar-refractivity contribution in [3.63, 3.8) is 0 Å². The molecule has 2 N–H and O–H groups in total. The van der Waals surface area contributed by atoms with Crippen LogP contribution in [-0.4, -0.2) is 76.4 Å². The molecule has 0 heterocycles. The second-order valence-electron chi connectivity index (χ2n) is 10.1. The van der Waals surface area contributed by atoms with E-state index < -0.39 is 12.2 Å². The summed E-state index contributed by atoms with van der Waals surface area (Å²) in [5.41, 5.74) is -0.150. The topological polar surface area (TPSA) is 95.1 Å². The molecule has 1 saturated carbocycles. The number of ether oxygens (including phenoxy) is 4. The first-order valence-electron chi connectivity index (χ1n) is 12.6. The van der Waals surface area contributed by atoms with E-state index in [0.717, 1.165) is 44.3 Å². The summed E-state index contributed by atoms with van der Waals surface area (Å²) in [4.78, 5) is 24.4. The van der Waals surface area contributed by atoms with E-state index in [1.54, 1.807) is 11.8 Å². The number of rotatable bonds is 16. The first-order valence-corrected chi connectivity index (χ1v) is 14.0. The van der Waals surface area contributed by atoms with E-state index >= 15 is 0 Å². The van der Waals surface area contributed by atoms with Gasteiger partial charge in [0.05, 0.1) is 13.2 Å². The molecular weight excluding hydrogens is 468 g/mol. The van der Waals surface area contributed by atoms with Gasteiger partial charge in [-0.3, -0.25) is 0 Å². The van der Waals surface area contributed by atoms with Gasteiger partial charge in [-0.15, -0.1) is 11.8 Å². The van der Waals surface area contributed by atoms with Crippen LogP contribution in [0.5, 0.6) is 0 Å². The molecule has 0 radical (unpaired) electrons. The number of carbonyl (C=O) groups is 2. The largest absolute Gasteiger partial charge is 0.447 e. The number of hydrogen-bond acceptors (Lipinski definition) is 7. The molecule has 8 nitrogen and oxygen atoms in total. The summed E-state index contributed by atoms with van der Waals surface area (Å²) in [5.74, 6) is 6.90. The molecule has 9 heteroatoms. The summed E-state index contributed by atoms with van der Waals surface area (Å²) in [6, 6.07) is -0.0256. The van der Waals surface area contributed by atoms with Crippen molar-refractivity contribution in [2.24, 2.45) is 10.8 Å². The third-order valence-electron chi connectivity index (χ3n) is 5.75. The van der Waals surface area contributed by atoms with E-state index in [1.807, 2.05) is 6.92 Å². The smallest absolute Gasteiger partial charge is 0.407 e. The standard InChI is InChI=1S/C26H46N2O6S/c1-6-7-8-9-11-31-13-15-33-23(29)27-21-26(4)19-22(18-25(2,3)20-26)28-24(30)34-16-14-32-12-10-17-35-5/h22H,8-21H2,1-5H3,(H,27,29)(H,28,30). The maximum Gasteiger partial charge on any atom is 0.407 e. The van der Waals surface area contributed by atoms with Gasteiger partial charge in [-0.1, -0.05) is 20.8 Å². The molecular formula is C26H46N2O6S. The molecule has 1 fully saturated rings. The predicted octanol–water partition coefficient (Wildman–Crippen LogP) is 4.61. The summed E-state index contributed by atoms with van der Waals surface area (Å²) in [7, 11) is 0. The summed E-state index contributed by atoms with van der Waals surface area (Å²) in [6.45, 7) is 11.3. The molecule has 0 saturated heterocycles. The Morgan fingerprint density at radius 3 is 2.26 bits per heavy atom. The Bertz CT molecular complexity index is 678. The zero-order valence-electron chi connectivity index (χ0n) is 22.3. The van der Waals surface area contributed by atoms with Gasteiger partial charge in [-0.05, 0) is 61.9 Å². The van der Waals surface area contributed by atoms with Crippen LogP contribution >= 0.6 is 11.8 Å². The molecule has 1 aliphatic carbocycles. The Morgan fingerprint density at radius 1 is 0.943 bits per heavy atom. The Labute approximate surface area is 216 Å². The van der Waals surface area contributed by atoms with E-state index in [4.69, 9.17) is 18.9 Å². The summed E-state index contributed by atoms with van der Waals surface area (Å²) >= 11 is 1.79. The molecule has 1 aliphatic rings. The number of amides is 2. The Balaban J connectivity index is 2.31. The lowest BCUT2D eigenvalue weighted by molar-refractivity contribution is 0.0488. The van der Waals surface area contributed by atoms with Crippen LogP contribution in [0.1, 0.15) is 66.2 Å². The second-order valence-corrected chi connectivity index (χ2v) is 11.1. The number of carbonyl (C=O) groups excluding carboxylic acids is 2. The lowest BCUT2D eigenvalue weighted by atomic mass is 9.62. The molecule has 0 aromatic heterocycles. The highest BCUT2D eigenvalue weighted by atomic mass is 32.2. The third-order valence-corrected chi connectivity index (χ3v) is 6.45. The number of thioether (sulfide) groups is 1. The van der Waals surface area contributed by atoms with Gasteiger partial charge in [0, 0.05) is 32.2 Å². The van der Waals surface area contributed by atoms with Gasteiger partial charge in [0.1, 0.15) is 13.2 Å².